The van der Waals surface area contributed by atoms with Gasteiger partial charge in [-0.05, 0) is 54.2 Å². The van der Waals surface area contributed by atoms with Crippen molar-refractivity contribution >= 4 is 52.2 Å². The van der Waals surface area contributed by atoms with Crippen LogP contribution >= 0.6 is 23.4 Å². The van der Waals surface area contributed by atoms with Crippen LogP contribution in [0.25, 0.3) is 6.08 Å². The largest absolute Gasteiger partial charge is 0.497 e. The van der Waals surface area contributed by atoms with Gasteiger partial charge in [0.1, 0.15) is 23.8 Å². The molecule has 8 nitrogen and oxygen atoms in total. The molecule has 1 N–H and O–H groups in total. The Hall–Kier alpha value is -3.17. The van der Waals surface area contributed by atoms with Crippen molar-refractivity contribution in [2.75, 3.05) is 33.2 Å². The van der Waals surface area contributed by atoms with Crippen molar-refractivity contribution in [2.24, 2.45) is 0 Å². The summed E-state index contributed by atoms with van der Waals surface area (Å²) in [5.74, 6) is 0.445. The van der Waals surface area contributed by atoms with E-state index in [-0.39, 0.29) is 4.91 Å². The number of nitrogens with one attached hydrogen (secondary N) is 1. The maximum absolute atomic E-state index is 12.7. The van der Waals surface area contributed by atoms with E-state index >= 15 is 0 Å². The van der Waals surface area contributed by atoms with E-state index in [1.807, 2.05) is 0 Å². The summed E-state index contributed by atoms with van der Waals surface area (Å²) in [5.41, 5.74) is 0.990. The van der Waals surface area contributed by atoms with Gasteiger partial charge in [0, 0.05) is 11.3 Å². The lowest BCUT2D eigenvalue weighted by atomic mass is 10.1. The van der Waals surface area contributed by atoms with E-state index in [1.165, 1.54) is 33.5 Å². The second kappa shape index (κ2) is 9.76. The van der Waals surface area contributed by atoms with Crippen LogP contribution < -0.4 is 19.5 Å². The van der Waals surface area contributed by atoms with Gasteiger partial charge in [-0.15, -0.1) is 0 Å². The minimum Gasteiger partial charge on any atom is -0.497 e. The molecule has 0 aliphatic carbocycles. The second-order valence-electron chi connectivity index (χ2n) is 6.27. The molecule has 1 saturated heterocycles. The van der Waals surface area contributed by atoms with E-state index in [0.717, 1.165) is 16.7 Å². The molecule has 0 atom stereocenters. The number of thioether (sulfide) groups is 1. The van der Waals surface area contributed by atoms with Gasteiger partial charge in [0.15, 0.2) is 0 Å². The van der Waals surface area contributed by atoms with Crippen molar-refractivity contribution in [2.45, 2.75) is 0 Å². The predicted molar refractivity (Wildman–Crippen MR) is 119 cm³/mol. The zero-order valence-corrected chi connectivity index (χ0v) is 18.5. The average molecular weight is 463 g/mol. The molecule has 1 fully saturated rings. The van der Waals surface area contributed by atoms with Gasteiger partial charge < -0.3 is 19.5 Å². The Labute approximate surface area is 188 Å². The molecule has 3 rings (SSSR count). The summed E-state index contributed by atoms with van der Waals surface area (Å²) < 4.78 is 15.6. The van der Waals surface area contributed by atoms with Crippen LogP contribution in [0.5, 0.6) is 17.2 Å². The Morgan fingerprint density at radius 1 is 1.06 bits per heavy atom. The van der Waals surface area contributed by atoms with Crippen LogP contribution in [0.15, 0.2) is 41.3 Å². The number of carbonyl (C=O) groups is 3. The normalized spacial score (nSPS) is 14.7. The number of methoxy groups -OCH3 is 3. The molecule has 2 aromatic rings. The van der Waals surface area contributed by atoms with Gasteiger partial charge in [-0.2, -0.15) is 0 Å². The first kappa shape index (κ1) is 22.5. The Morgan fingerprint density at radius 2 is 1.77 bits per heavy atom. The lowest BCUT2D eigenvalue weighted by Gasteiger charge is -2.13. The van der Waals surface area contributed by atoms with Crippen molar-refractivity contribution in [3.05, 3.63) is 51.9 Å². The van der Waals surface area contributed by atoms with E-state index in [0.29, 0.717) is 33.5 Å². The van der Waals surface area contributed by atoms with E-state index in [9.17, 15) is 14.4 Å². The third-order valence-electron chi connectivity index (χ3n) is 4.33. The van der Waals surface area contributed by atoms with Gasteiger partial charge >= 0.3 is 0 Å². The molecule has 31 heavy (non-hydrogen) atoms. The smallest absolute Gasteiger partial charge is 0.294 e. The first-order valence-corrected chi connectivity index (χ1v) is 10.2. The first-order valence-electron chi connectivity index (χ1n) is 8.97. The summed E-state index contributed by atoms with van der Waals surface area (Å²) in [5, 5.41) is 2.39. The summed E-state index contributed by atoms with van der Waals surface area (Å²) in [4.78, 5) is 38.5. The van der Waals surface area contributed by atoms with Crippen molar-refractivity contribution in [1.29, 1.82) is 0 Å². The van der Waals surface area contributed by atoms with Gasteiger partial charge in [-0.25, -0.2) is 0 Å². The fraction of sp³-hybridized carbons (Fsp3) is 0.190. The summed E-state index contributed by atoms with van der Waals surface area (Å²) in [6.45, 7) is -0.430. The van der Waals surface area contributed by atoms with Crippen LogP contribution in [0.2, 0.25) is 5.02 Å². The SMILES string of the molecule is COc1ccc(OC)c(/C=C2/SC(=O)N(CC(=O)Nc3ccc(OC)c(Cl)c3)C2=O)c1. The van der Waals surface area contributed by atoms with Crippen LogP contribution in [-0.4, -0.2) is 49.8 Å². The monoisotopic (exact) mass is 462 g/mol. The molecule has 0 radical (unpaired) electrons. The Bertz CT molecular complexity index is 1070. The van der Waals surface area contributed by atoms with Gasteiger partial charge in [-0.1, -0.05) is 11.6 Å². The van der Waals surface area contributed by atoms with Gasteiger partial charge in [-0.3, -0.25) is 19.3 Å². The van der Waals surface area contributed by atoms with Crippen LogP contribution in [0, 0.1) is 0 Å². The average Bonchev–Trinajstić information content (AvgIpc) is 3.01. The number of ether oxygens (including phenoxy) is 3. The first-order chi connectivity index (χ1) is 14.9. The number of carbonyl (C=O) groups excluding carboxylic acids is 3. The number of imide groups is 1. The highest BCUT2D eigenvalue weighted by atomic mass is 35.5. The highest BCUT2D eigenvalue weighted by Crippen LogP contribution is 2.35. The lowest BCUT2D eigenvalue weighted by Crippen LogP contribution is -2.36. The maximum atomic E-state index is 12.7. The molecular weight excluding hydrogens is 444 g/mol. The molecular formula is C21H19ClN2O6S. The van der Waals surface area contributed by atoms with Gasteiger partial charge in [0.05, 0.1) is 31.3 Å². The summed E-state index contributed by atoms with van der Waals surface area (Å²) in [7, 11) is 4.50. The van der Waals surface area contributed by atoms with Crippen LogP contribution in [0.1, 0.15) is 5.56 Å². The zero-order valence-electron chi connectivity index (χ0n) is 16.9. The number of nitrogens with zero attached hydrogens (tertiary/aromatic N) is 1. The number of benzene rings is 2. The molecule has 1 aliphatic heterocycles. The molecule has 162 valence electrons. The van der Waals surface area contributed by atoms with Crippen molar-refractivity contribution < 1.29 is 28.6 Å². The van der Waals surface area contributed by atoms with Crippen LogP contribution in [-0.2, 0) is 9.59 Å². The predicted octanol–water partition coefficient (Wildman–Crippen LogP) is 4.04. The topological polar surface area (TPSA) is 94.2 Å². The molecule has 0 spiro atoms. The quantitative estimate of drug-likeness (QED) is 0.620. The minimum absolute atomic E-state index is 0.178. The molecule has 0 aromatic heterocycles. The third-order valence-corrected chi connectivity index (χ3v) is 5.54. The van der Waals surface area contributed by atoms with Gasteiger partial charge in [0.2, 0.25) is 5.91 Å². The molecule has 0 bridgehead atoms. The standard InChI is InChI=1S/C21H19ClN2O6S/c1-28-14-5-7-16(29-2)12(8-14)9-18-20(26)24(21(27)31-18)11-19(25)23-13-4-6-17(30-3)15(22)10-13/h4-10H,11H2,1-3H3,(H,23,25)/b18-9+. The second-order valence-corrected chi connectivity index (χ2v) is 7.67. The van der Waals surface area contributed by atoms with E-state index in [1.54, 1.807) is 30.3 Å². The molecule has 1 aliphatic rings. The Morgan fingerprint density at radius 3 is 2.42 bits per heavy atom. The van der Waals surface area contributed by atoms with E-state index in [2.05, 4.69) is 5.32 Å². The summed E-state index contributed by atoms with van der Waals surface area (Å²) >= 11 is 6.80. The van der Waals surface area contributed by atoms with Crippen molar-refractivity contribution in [1.82, 2.24) is 4.90 Å². The summed E-state index contributed by atoms with van der Waals surface area (Å²) in [6, 6.07) is 9.82. The molecule has 0 saturated carbocycles. The lowest BCUT2D eigenvalue weighted by molar-refractivity contribution is -0.127. The maximum Gasteiger partial charge on any atom is 0.294 e. The third kappa shape index (κ3) is 5.12. The molecule has 1 heterocycles. The number of halogens is 1. The molecule has 2 aromatic carbocycles. The van der Waals surface area contributed by atoms with E-state index < -0.39 is 23.6 Å². The van der Waals surface area contributed by atoms with Crippen molar-refractivity contribution in [3.8, 4) is 17.2 Å². The molecule has 10 heteroatoms. The number of rotatable bonds is 7. The highest BCUT2D eigenvalue weighted by molar-refractivity contribution is 8.18. The number of amides is 3. The number of hydrogen-bond acceptors (Lipinski definition) is 7. The zero-order chi connectivity index (χ0) is 22.5. The van der Waals surface area contributed by atoms with Gasteiger partial charge in [0.25, 0.3) is 11.1 Å². The Kier molecular flexibility index (Phi) is 7.09. The minimum atomic E-state index is -0.567. The van der Waals surface area contributed by atoms with Crippen LogP contribution in [0.4, 0.5) is 10.5 Å². The molecule has 3 amide bonds. The van der Waals surface area contributed by atoms with Crippen molar-refractivity contribution in [3.63, 3.8) is 0 Å². The summed E-state index contributed by atoms with van der Waals surface area (Å²) in [6.07, 6.45) is 1.54. The highest BCUT2D eigenvalue weighted by Gasteiger charge is 2.36. The van der Waals surface area contributed by atoms with Crippen LogP contribution in [0.3, 0.4) is 0 Å². The fourth-order valence-corrected chi connectivity index (χ4v) is 3.90. The van der Waals surface area contributed by atoms with E-state index in [4.69, 9.17) is 25.8 Å². The number of hydrogen-bond donors (Lipinski definition) is 1. The fourth-order valence-electron chi connectivity index (χ4n) is 2.82. The number of anilines is 1. The molecule has 0 unspecified atom stereocenters. The Balaban J connectivity index is 1.74.